The van der Waals surface area contributed by atoms with Gasteiger partial charge in [0.15, 0.2) is 18.5 Å². The van der Waals surface area contributed by atoms with Crippen LogP contribution in [0.1, 0.15) is 29.8 Å². The number of Topliss-reactive ketones (excluding diaryl/α,β-unsaturated/α-hetero) is 1. The second-order valence-electron chi connectivity index (χ2n) is 5.85. The molecule has 2 rings (SSSR count). The van der Waals surface area contributed by atoms with Gasteiger partial charge in [-0.3, -0.25) is 9.59 Å². The zero-order valence-corrected chi connectivity index (χ0v) is 15.0. The molecular weight excluding hydrogens is 353 g/mol. The molecule has 0 aliphatic heterocycles. The molecule has 0 fully saturated rings. The number of hydrogen-bond donors (Lipinski definition) is 1. The molecular formula is C20H20FNO5. The highest BCUT2D eigenvalue weighted by atomic mass is 19.1. The summed E-state index contributed by atoms with van der Waals surface area (Å²) in [6.45, 7) is 2.73. The van der Waals surface area contributed by atoms with Gasteiger partial charge in [-0.2, -0.15) is 0 Å². The summed E-state index contributed by atoms with van der Waals surface area (Å²) in [6.07, 6.45) is -0.998. The molecule has 6 nitrogen and oxygen atoms in total. The summed E-state index contributed by atoms with van der Waals surface area (Å²) in [4.78, 5) is 35.0. The lowest BCUT2D eigenvalue weighted by atomic mass is 10.1. The highest BCUT2D eigenvalue weighted by Gasteiger charge is 2.18. The first-order chi connectivity index (χ1) is 12.8. The molecule has 1 atom stereocenters. The lowest BCUT2D eigenvalue weighted by molar-refractivity contribution is -0.156. The molecule has 142 valence electrons. The first-order valence-electron chi connectivity index (χ1n) is 8.30. The average molecular weight is 373 g/mol. The smallest absolute Gasteiger partial charge is 0.344 e. The van der Waals surface area contributed by atoms with Crippen LogP contribution in [0.4, 0.5) is 4.39 Å². The van der Waals surface area contributed by atoms with Gasteiger partial charge in [0.05, 0.1) is 0 Å². The van der Waals surface area contributed by atoms with E-state index in [-0.39, 0.29) is 24.8 Å². The Hall–Kier alpha value is -3.22. The molecule has 0 spiro atoms. The van der Waals surface area contributed by atoms with Crippen molar-refractivity contribution in [3.8, 4) is 5.75 Å². The largest absolute Gasteiger partial charge is 0.482 e. The molecule has 2 aromatic rings. The highest BCUT2D eigenvalue weighted by molar-refractivity contribution is 5.94. The standard InChI is InChI=1S/C20H20FNO5/c1-13(23)16-5-9-18(10-6-16)26-12-19(24)27-14(2)20(25)22-11-15-3-7-17(21)8-4-15/h3-10,14H,11-12H2,1-2H3,(H,22,25)/t14-/m1/s1. The van der Waals surface area contributed by atoms with Crippen molar-refractivity contribution in [1.29, 1.82) is 0 Å². The van der Waals surface area contributed by atoms with Crippen molar-refractivity contribution in [3.05, 3.63) is 65.5 Å². The van der Waals surface area contributed by atoms with Gasteiger partial charge in [-0.15, -0.1) is 0 Å². The van der Waals surface area contributed by atoms with Crippen molar-refractivity contribution in [1.82, 2.24) is 5.32 Å². The Labute approximate surface area is 156 Å². The summed E-state index contributed by atoms with van der Waals surface area (Å²) >= 11 is 0. The second kappa shape index (κ2) is 9.47. The van der Waals surface area contributed by atoms with Crippen molar-refractivity contribution in [3.63, 3.8) is 0 Å². The van der Waals surface area contributed by atoms with Crippen molar-refractivity contribution in [2.75, 3.05) is 6.61 Å². The summed E-state index contributed by atoms with van der Waals surface area (Å²) in [6, 6.07) is 12.0. The van der Waals surface area contributed by atoms with Crippen LogP contribution >= 0.6 is 0 Å². The molecule has 0 bridgehead atoms. The molecule has 7 heteroatoms. The maximum absolute atomic E-state index is 12.8. The molecule has 0 heterocycles. The highest BCUT2D eigenvalue weighted by Crippen LogP contribution is 2.12. The number of ether oxygens (including phenoxy) is 2. The second-order valence-corrected chi connectivity index (χ2v) is 5.85. The van der Waals surface area contributed by atoms with E-state index in [0.717, 1.165) is 5.56 Å². The maximum Gasteiger partial charge on any atom is 0.344 e. The lowest BCUT2D eigenvalue weighted by Gasteiger charge is -2.14. The quantitative estimate of drug-likeness (QED) is 0.568. The van der Waals surface area contributed by atoms with E-state index in [0.29, 0.717) is 11.3 Å². The number of carbonyl (C=O) groups excluding carboxylic acids is 3. The fourth-order valence-corrected chi connectivity index (χ4v) is 2.15. The number of amides is 1. The zero-order chi connectivity index (χ0) is 19.8. The number of ketones is 1. The Morgan fingerprint density at radius 1 is 1.04 bits per heavy atom. The number of carbonyl (C=O) groups is 3. The summed E-state index contributed by atoms with van der Waals surface area (Å²) in [5.74, 6) is -1.19. The topological polar surface area (TPSA) is 81.7 Å². The molecule has 1 N–H and O–H groups in total. The number of hydrogen-bond acceptors (Lipinski definition) is 5. The molecule has 0 aliphatic carbocycles. The maximum atomic E-state index is 12.8. The van der Waals surface area contributed by atoms with Crippen molar-refractivity contribution >= 4 is 17.7 Å². The van der Waals surface area contributed by atoms with E-state index in [1.807, 2.05) is 0 Å². The predicted octanol–water partition coefficient (Wildman–Crippen LogP) is 2.66. The van der Waals surface area contributed by atoms with Gasteiger partial charge in [0.25, 0.3) is 5.91 Å². The number of halogens is 1. The minimum Gasteiger partial charge on any atom is -0.482 e. The van der Waals surface area contributed by atoms with E-state index in [1.165, 1.54) is 26.0 Å². The van der Waals surface area contributed by atoms with E-state index >= 15 is 0 Å². The van der Waals surface area contributed by atoms with Gasteiger partial charge in [0.1, 0.15) is 11.6 Å². The molecule has 0 unspecified atom stereocenters. The van der Waals surface area contributed by atoms with E-state index in [2.05, 4.69) is 5.32 Å². The van der Waals surface area contributed by atoms with Gasteiger partial charge in [-0.1, -0.05) is 12.1 Å². The van der Waals surface area contributed by atoms with Gasteiger partial charge in [-0.05, 0) is 55.8 Å². The molecule has 0 aliphatic rings. The summed E-state index contributed by atoms with van der Waals surface area (Å²) in [5, 5.41) is 2.60. The molecule has 0 aromatic heterocycles. The monoisotopic (exact) mass is 373 g/mol. The van der Waals surface area contributed by atoms with Crippen LogP contribution in [0.2, 0.25) is 0 Å². The SMILES string of the molecule is CC(=O)c1ccc(OCC(=O)O[C@H](C)C(=O)NCc2ccc(F)cc2)cc1. The Balaban J connectivity index is 1.74. The molecule has 0 saturated heterocycles. The van der Waals surface area contributed by atoms with Crippen LogP contribution in [0, 0.1) is 5.82 Å². The van der Waals surface area contributed by atoms with Gasteiger partial charge in [0, 0.05) is 12.1 Å². The third-order valence-electron chi connectivity index (χ3n) is 3.67. The number of rotatable bonds is 8. The number of benzene rings is 2. The Morgan fingerprint density at radius 2 is 1.67 bits per heavy atom. The molecule has 2 aromatic carbocycles. The van der Waals surface area contributed by atoms with Crippen LogP contribution in [0.3, 0.4) is 0 Å². The van der Waals surface area contributed by atoms with Crippen LogP contribution in [0.5, 0.6) is 5.75 Å². The molecule has 0 saturated carbocycles. The third-order valence-corrected chi connectivity index (χ3v) is 3.67. The van der Waals surface area contributed by atoms with Crippen LogP contribution in [-0.2, 0) is 20.9 Å². The molecule has 0 radical (unpaired) electrons. The van der Waals surface area contributed by atoms with Crippen LogP contribution in [0.25, 0.3) is 0 Å². The lowest BCUT2D eigenvalue weighted by Crippen LogP contribution is -2.36. The Kier molecular flexibility index (Phi) is 7.05. The van der Waals surface area contributed by atoms with E-state index in [4.69, 9.17) is 9.47 Å². The van der Waals surface area contributed by atoms with E-state index in [9.17, 15) is 18.8 Å². The fraction of sp³-hybridized carbons (Fsp3) is 0.250. The Morgan fingerprint density at radius 3 is 2.26 bits per heavy atom. The third kappa shape index (κ3) is 6.54. The number of nitrogens with one attached hydrogen (secondary N) is 1. The van der Waals surface area contributed by atoms with Crippen LogP contribution in [-0.4, -0.2) is 30.4 Å². The normalized spacial score (nSPS) is 11.4. The fourth-order valence-electron chi connectivity index (χ4n) is 2.15. The van der Waals surface area contributed by atoms with Gasteiger partial charge < -0.3 is 14.8 Å². The summed E-state index contributed by atoms with van der Waals surface area (Å²) in [7, 11) is 0. The predicted molar refractivity (Wildman–Crippen MR) is 95.7 cm³/mol. The van der Waals surface area contributed by atoms with Gasteiger partial charge in [0.2, 0.25) is 0 Å². The number of esters is 1. The van der Waals surface area contributed by atoms with Crippen molar-refractivity contribution in [2.45, 2.75) is 26.5 Å². The zero-order valence-electron chi connectivity index (χ0n) is 15.0. The van der Waals surface area contributed by atoms with Crippen molar-refractivity contribution in [2.24, 2.45) is 0 Å². The van der Waals surface area contributed by atoms with Gasteiger partial charge >= 0.3 is 5.97 Å². The first-order valence-corrected chi connectivity index (χ1v) is 8.30. The first kappa shape index (κ1) is 20.1. The molecule has 27 heavy (non-hydrogen) atoms. The van der Waals surface area contributed by atoms with Crippen LogP contribution < -0.4 is 10.1 Å². The van der Waals surface area contributed by atoms with Gasteiger partial charge in [-0.25, -0.2) is 9.18 Å². The summed E-state index contributed by atoms with van der Waals surface area (Å²) in [5.41, 5.74) is 1.26. The van der Waals surface area contributed by atoms with E-state index in [1.54, 1.807) is 36.4 Å². The minimum absolute atomic E-state index is 0.0681. The minimum atomic E-state index is -0.998. The van der Waals surface area contributed by atoms with E-state index < -0.39 is 18.0 Å². The van der Waals surface area contributed by atoms with Crippen LogP contribution in [0.15, 0.2) is 48.5 Å². The summed E-state index contributed by atoms with van der Waals surface area (Å²) < 4.78 is 23.1. The average Bonchev–Trinajstić information content (AvgIpc) is 2.66. The molecule has 1 amide bonds. The van der Waals surface area contributed by atoms with Crippen molar-refractivity contribution < 1.29 is 28.2 Å². The Bertz CT molecular complexity index is 802.